The summed E-state index contributed by atoms with van der Waals surface area (Å²) in [6.07, 6.45) is 3.22. The highest BCUT2D eigenvalue weighted by atomic mass is 32.2. The minimum atomic E-state index is -3.56. The van der Waals surface area contributed by atoms with E-state index in [1.54, 1.807) is 18.3 Å². The fraction of sp³-hybridized carbons (Fsp3) is 0.350. The average Bonchev–Trinajstić information content (AvgIpc) is 3.21. The Morgan fingerprint density at radius 2 is 2.00 bits per heavy atom. The standard InChI is InChI=1S/C20H22N4O3S/c1-14-8-9-17(12-15(14)2)28(25,26)24-11-5-6-16(13-24)20-22-19(23-27-20)18-7-3-4-10-21-18/h3-4,7-10,12,16H,5-6,11,13H2,1-2H3/t16-/m0/s1. The molecule has 1 aromatic carbocycles. The van der Waals surface area contributed by atoms with Gasteiger partial charge in [-0.15, -0.1) is 0 Å². The normalized spacial score (nSPS) is 18.3. The molecule has 0 radical (unpaired) electrons. The minimum absolute atomic E-state index is 0.125. The first-order chi connectivity index (χ1) is 13.4. The largest absolute Gasteiger partial charge is 0.339 e. The van der Waals surface area contributed by atoms with Gasteiger partial charge in [0, 0.05) is 19.3 Å². The number of sulfonamides is 1. The number of aryl methyl sites for hydroxylation is 2. The predicted octanol–water partition coefficient (Wildman–Crippen LogP) is 3.32. The van der Waals surface area contributed by atoms with Gasteiger partial charge in [-0.25, -0.2) is 8.42 Å². The second-order valence-electron chi connectivity index (χ2n) is 7.12. The smallest absolute Gasteiger partial charge is 0.243 e. The van der Waals surface area contributed by atoms with Gasteiger partial charge in [0.1, 0.15) is 5.69 Å². The summed E-state index contributed by atoms with van der Waals surface area (Å²) in [6, 6.07) is 10.7. The zero-order valence-corrected chi connectivity index (χ0v) is 16.7. The number of benzene rings is 1. The van der Waals surface area contributed by atoms with E-state index in [0.29, 0.717) is 35.4 Å². The summed E-state index contributed by atoms with van der Waals surface area (Å²) >= 11 is 0. The van der Waals surface area contributed by atoms with E-state index in [1.165, 1.54) is 4.31 Å². The highest BCUT2D eigenvalue weighted by molar-refractivity contribution is 7.89. The van der Waals surface area contributed by atoms with Crippen molar-refractivity contribution < 1.29 is 12.9 Å². The Morgan fingerprint density at radius 3 is 2.75 bits per heavy atom. The van der Waals surface area contributed by atoms with Crippen LogP contribution in [0.15, 0.2) is 52.0 Å². The summed E-state index contributed by atoms with van der Waals surface area (Å²) in [4.78, 5) is 9.01. The van der Waals surface area contributed by atoms with E-state index in [0.717, 1.165) is 24.0 Å². The zero-order chi connectivity index (χ0) is 19.7. The summed E-state index contributed by atoms with van der Waals surface area (Å²) in [5, 5.41) is 4.01. The van der Waals surface area contributed by atoms with Gasteiger partial charge in [0.25, 0.3) is 0 Å². The van der Waals surface area contributed by atoms with Crippen molar-refractivity contribution in [3.8, 4) is 11.5 Å². The molecular formula is C20H22N4O3S. The first-order valence-corrected chi connectivity index (χ1v) is 10.7. The lowest BCUT2D eigenvalue weighted by Crippen LogP contribution is -2.39. The van der Waals surface area contributed by atoms with Gasteiger partial charge in [0.2, 0.25) is 21.7 Å². The monoisotopic (exact) mass is 398 g/mol. The maximum Gasteiger partial charge on any atom is 0.243 e. The van der Waals surface area contributed by atoms with Crippen LogP contribution in [0.3, 0.4) is 0 Å². The van der Waals surface area contributed by atoms with Crippen LogP contribution in [-0.2, 0) is 10.0 Å². The SMILES string of the molecule is Cc1ccc(S(=O)(=O)N2CCC[C@H](c3nc(-c4ccccn4)no3)C2)cc1C. The molecule has 7 nitrogen and oxygen atoms in total. The maximum atomic E-state index is 13.1. The molecule has 8 heteroatoms. The van der Waals surface area contributed by atoms with E-state index in [4.69, 9.17) is 4.52 Å². The molecule has 3 heterocycles. The minimum Gasteiger partial charge on any atom is -0.339 e. The van der Waals surface area contributed by atoms with Crippen LogP contribution in [0, 0.1) is 13.8 Å². The molecule has 28 heavy (non-hydrogen) atoms. The van der Waals surface area contributed by atoms with Gasteiger partial charge in [-0.1, -0.05) is 17.3 Å². The lowest BCUT2D eigenvalue weighted by molar-refractivity contribution is 0.265. The Kier molecular flexibility index (Phi) is 4.99. The Hall–Kier alpha value is -2.58. The second kappa shape index (κ2) is 7.44. The van der Waals surface area contributed by atoms with E-state index in [2.05, 4.69) is 15.1 Å². The third-order valence-corrected chi connectivity index (χ3v) is 7.05. The molecule has 2 aromatic heterocycles. The molecule has 0 saturated carbocycles. The van der Waals surface area contributed by atoms with Crippen molar-refractivity contribution >= 4 is 10.0 Å². The quantitative estimate of drug-likeness (QED) is 0.670. The van der Waals surface area contributed by atoms with Crippen molar-refractivity contribution in [1.29, 1.82) is 0 Å². The van der Waals surface area contributed by atoms with Gasteiger partial charge in [-0.3, -0.25) is 4.98 Å². The molecule has 1 saturated heterocycles. The van der Waals surface area contributed by atoms with Gasteiger partial charge in [-0.05, 0) is 62.1 Å². The molecule has 0 N–H and O–H groups in total. The first kappa shape index (κ1) is 18.8. The van der Waals surface area contributed by atoms with E-state index < -0.39 is 10.0 Å². The predicted molar refractivity (Wildman–Crippen MR) is 104 cm³/mol. The fourth-order valence-electron chi connectivity index (χ4n) is 3.39. The molecule has 1 fully saturated rings. The van der Waals surface area contributed by atoms with E-state index in [9.17, 15) is 8.42 Å². The number of pyridine rings is 1. The maximum absolute atomic E-state index is 13.1. The molecule has 1 aliphatic rings. The van der Waals surface area contributed by atoms with E-state index >= 15 is 0 Å². The molecule has 0 amide bonds. The Morgan fingerprint density at radius 1 is 1.14 bits per heavy atom. The molecular weight excluding hydrogens is 376 g/mol. The lowest BCUT2D eigenvalue weighted by atomic mass is 10.00. The van der Waals surface area contributed by atoms with Crippen LogP contribution in [0.1, 0.15) is 35.8 Å². The van der Waals surface area contributed by atoms with Gasteiger partial charge in [-0.2, -0.15) is 9.29 Å². The van der Waals surface area contributed by atoms with Crippen molar-refractivity contribution in [3.05, 3.63) is 59.6 Å². The van der Waals surface area contributed by atoms with Crippen molar-refractivity contribution in [2.45, 2.75) is 37.5 Å². The number of aromatic nitrogens is 3. The van der Waals surface area contributed by atoms with E-state index in [1.807, 2.05) is 38.1 Å². The van der Waals surface area contributed by atoms with Crippen LogP contribution < -0.4 is 0 Å². The summed E-state index contributed by atoms with van der Waals surface area (Å²) in [6.45, 7) is 4.72. The molecule has 1 aliphatic heterocycles. The summed E-state index contributed by atoms with van der Waals surface area (Å²) in [5.74, 6) is 0.755. The summed E-state index contributed by atoms with van der Waals surface area (Å²) < 4.78 is 33.2. The second-order valence-corrected chi connectivity index (χ2v) is 9.06. The average molecular weight is 398 g/mol. The van der Waals surface area contributed by atoms with Crippen LogP contribution in [0.4, 0.5) is 0 Å². The summed E-state index contributed by atoms with van der Waals surface area (Å²) in [5.41, 5.74) is 2.67. The number of hydrogen-bond donors (Lipinski definition) is 0. The third kappa shape index (κ3) is 3.57. The van der Waals surface area contributed by atoms with E-state index in [-0.39, 0.29) is 5.92 Å². The molecule has 1 atom stereocenters. The van der Waals surface area contributed by atoms with Crippen LogP contribution >= 0.6 is 0 Å². The molecule has 0 aliphatic carbocycles. The van der Waals surface area contributed by atoms with Gasteiger partial charge in [0.15, 0.2) is 0 Å². The highest BCUT2D eigenvalue weighted by Gasteiger charge is 2.33. The van der Waals surface area contributed by atoms with Crippen LogP contribution in [0.5, 0.6) is 0 Å². The third-order valence-electron chi connectivity index (χ3n) is 5.19. The number of piperidine rings is 1. The Bertz CT molecular complexity index is 1080. The van der Waals surface area contributed by atoms with Crippen molar-refractivity contribution in [3.63, 3.8) is 0 Å². The Labute approximate surface area is 164 Å². The molecule has 0 unspecified atom stereocenters. The van der Waals surface area contributed by atoms with Crippen molar-refractivity contribution in [2.75, 3.05) is 13.1 Å². The molecule has 0 bridgehead atoms. The molecule has 146 valence electrons. The van der Waals surface area contributed by atoms with Crippen molar-refractivity contribution in [2.24, 2.45) is 0 Å². The van der Waals surface area contributed by atoms with Gasteiger partial charge >= 0.3 is 0 Å². The topological polar surface area (TPSA) is 89.2 Å². The molecule has 3 aromatic rings. The van der Waals surface area contributed by atoms with Crippen LogP contribution in [0.2, 0.25) is 0 Å². The molecule has 4 rings (SSSR count). The fourth-order valence-corrected chi connectivity index (χ4v) is 5.00. The van der Waals surface area contributed by atoms with Gasteiger partial charge < -0.3 is 4.52 Å². The van der Waals surface area contributed by atoms with Crippen LogP contribution in [0.25, 0.3) is 11.5 Å². The lowest BCUT2D eigenvalue weighted by Gasteiger charge is -2.30. The zero-order valence-electron chi connectivity index (χ0n) is 15.9. The Balaban J connectivity index is 1.56. The summed E-state index contributed by atoms with van der Waals surface area (Å²) in [7, 11) is -3.56. The highest BCUT2D eigenvalue weighted by Crippen LogP contribution is 2.30. The van der Waals surface area contributed by atoms with Gasteiger partial charge in [0.05, 0.1) is 10.8 Å². The number of rotatable bonds is 4. The number of hydrogen-bond acceptors (Lipinski definition) is 6. The first-order valence-electron chi connectivity index (χ1n) is 9.27. The van der Waals surface area contributed by atoms with Crippen LogP contribution in [-0.4, -0.2) is 40.9 Å². The number of nitrogens with zero attached hydrogens (tertiary/aromatic N) is 4. The molecule has 0 spiro atoms. The van der Waals surface area contributed by atoms with Crippen molar-refractivity contribution in [1.82, 2.24) is 19.4 Å².